The molecule has 1 aromatic rings. The number of rotatable bonds is 5. The fraction of sp³-hybridized carbons (Fsp3) is 0.231. The van der Waals surface area contributed by atoms with Crippen LogP contribution in [0.5, 0.6) is 0 Å². The molecule has 0 aliphatic carbocycles. The predicted octanol–water partition coefficient (Wildman–Crippen LogP) is 2.38. The van der Waals surface area contributed by atoms with Crippen LogP contribution in [0.25, 0.3) is 0 Å². The Morgan fingerprint density at radius 3 is 2.67 bits per heavy atom. The summed E-state index contributed by atoms with van der Waals surface area (Å²) in [7, 11) is -3.86. The molecule has 0 saturated heterocycles. The lowest BCUT2D eigenvalue weighted by atomic mass is 9.98. The minimum atomic E-state index is -3.86. The van der Waals surface area contributed by atoms with Gasteiger partial charge in [0.15, 0.2) is 5.71 Å². The second kappa shape index (κ2) is 7.06. The van der Waals surface area contributed by atoms with Gasteiger partial charge >= 0.3 is 5.97 Å². The molecule has 1 heterocycles. The van der Waals surface area contributed by atoms with E-state index in [9.17, 15) is 22.7 Å². The number of aliphatic carboxylic acids is 1. The van der Waals surface area contributed by atoms with Crippen molar-refractivity contribution < 1.29 is 27.0 Å². The third-order valence-electron chi connectivity index (χ3n) is 3.00. The molecule has 1 aromatic carbocycles. The Morgan fingerprint density at radius 1 is 1.46 bits per heavy atom. The van der Waals surface area contributed by atoms with Gasteiger partial charge < -0.3 is 5.11 Å². The lowest BCUT2D eigenvalue weighted by molar-refractivity contribution is -0.129. The number of hydroxylamine groups is 1. The van der Waals surface area contributed by atoms with Gasteiger partial charge in [0, 0.05) is 17.0 Å². The number of hydrogen-bond acceptors (Lipinski definition) is 6. The standard InChI is InChI=1S/C13H11Cl2FN2O5S/c1-24(21,22)23-18-10-5-9(17-12(11(10)15)13(19)20)7-3-2-6(14)4-8(7)16/h2-4,9,18H,5H2,1H3,(H,19,20). The van der Waals surface area contributed by atoms with E-state index in [1.54, 1.807) is 0 Å². The van der Waals surface area contributed by atoms with Crippen molar-refractivity contribution >= 4 is 45.0 Å². The lowest BCUT2D eigenvalue weighted by Gasteiger charge is -2.23. The third kappa shape index (κ3) is 4.44. The van der Waals surface area contributed by atoms with E-state index in [4.69, 9.17) is 23.2 Å². The van der Waals surface area contributed by atoms with Gasteiger partial charge in [0.25, 0.3) is 10.1 Å². The number of halogens is 3. The minimum absolute atomic E-state index is 0.0474. The molecule has 7 nitrogen and oxygen atoms in total. The van der Waals surface area contributed by atoms with E-state index in [2.05, 4.69) is 14.8 Å². The maximum absolute atomic E-state index is 14.1. The van der Waals surface area contributed by atoms with Gasteiger partial charge in [-0.3, -0.25) is 10.5 Å². The van der Waals surface area contributed by atoms with Crippen LogP contribution in [0, 0.1) is 5.82 Å². The highest BCUT2D eigenvalue weighted by Gasteiger charge is 2.30. The van der Waals surface area contributed by atoms with E-state index in [0.29, 0.717) is 0 Å². The van der Waals surface area contributed by atoms with Crippen LogP contribution in [-0.4, -0.2) is 31.5 Å². The summed E-state index contributed by atoms with van der Waals surface area (Å²) in [6.45, 7) is 0. The summed E-state index contributed by atoms with van der Waals surface area (Å²) in [4.78, 5) is 15.2. The highest BCUT2D eigenvalue weighted by Crippen LogP contribution is 2.34. The first kappa shape index (κ1) is 18.7. The molecule has 11 heteroatoms. The van der Waals surface area contributed by atoms with Gasteiger partial charge in [-0.15, -0.1) is 0 Å². The van der Waals surface area contributed by atoms with E-state index >= 15 is 0 Å². The molecule has 0 bridgehead atoms. The molecule has 0 saturated carbocycles. The zero-order valence-electron chi connectivity index (χ0n) is 12.1. The van der Waals surface area contributed by atoms with Crippen LogP contribution < -0.4 is 5.48 Å². The Morgan fingerprint density at radius 2 is 2.12 bits per heavy atom. The van der Waals surface area contributed by atoms with E-state index in [0.717, 1.165) is 12.3 Å². The Bertz CT molecular complexity index is 854. The molecule has 2 rings (SSSR count). The molecule has 130 valence electrons. The molecule has 0 fully saturated rings. The van der Waals surface area contributed by atoms with Gasteiger partial charge in [0.2, 0.25) is 0 Å². The van der Waals surface area contributed by atoms with E-state index < -0.39 is 33.7 Å². The monoisotopic (exact) mass is 396 g/mol. The molecule has 1 aliphatic rings. The average Bonchev–Trinajstić information content (AvgIpc) is 2.45. The normalized spacial score (nSPS) is 18.3. The molecule has 2 N–H and O–H groups in total. The van der Waals surface area contributed by atoms with Gasteiger partial charge in [-0.25, -0.2) is 9.18 Å². The Balaban J connectivity index is 2.41. The molecular formula is C13H11Cl2FN2O5S. The molecule has 0 spiro atoms. The summed E-state index contributed by atoms with van der Waals surface area (Å²) < 4.78 is 40.6. The first-order valence-corrected chi connectivity index (χ1v) is 8.95. The molecule has 0 aromatic heterocycles. The van der Waals surface area contributed by atoms with Crippen molar-refractivity contribution in [3.05, 3.63) is 45.3 Å². The Hall–Kier alpha value is -1.68. The van der Waals surface area contributed by atoms with Crippen LogP contribution in [0.3, 0.4) is 0 Å². The SMILES string of the molecule is CS(=O)(=O)ONC1=C(Cl)C(C(=O)O)=NC(c2ccc(Cl)cc2F)C1. The molecule has 1 aliphatic heterocycles. The Kier molecular flexibility index (Phi) is 5.49. The quantitative estimate of drug-likeness (QED) is 0.740. The summed E-state index contributed by atoms with van der Waals surface area (Å²) in [5, 5.41) is 9.03. The van der Waals surface area contributed by atoms with Gasteiger partial charge in [0.1, 0.15) is 5.82 Å². The summed E-state index contributed by atoms with van der Waals surface area (Å²) in [5.74, 6) is -2.12. The number of carbonyl (C=O) groups is 1. The second-order valence-electron chi connectivity index (χ2n) is 4.85. The number of hydrogen-bond donors (Lipinski definition) is 2. The molecule has 0 radical (unpaired) electrons. The summed E-state index contributed by atoms with van der Waals surface area (Å²) in [6.07, 6.45) is 0.698. The van der Waals surface area contributed by atoms with Gasteiger partial charge in [-0.2, -0.15) is 12.7 Å². The lowest BCUT2D eigenvalue weighted by Crippen LogP contribution is -2.28. The van der Waals surface area contributed by atoms with Crippen molar-refractivity contribution in [1.82, 2.24) is 5.48 Å². The number of nitrogens with one attached hydrogen (secondary N) is 1. The number of benzene rings is 1. The number of dihydropyridines is 1. The number of nitrogens with zero attached hydrogens (tertiary/aromatic N) is 1. The fourth-order valence-electron chi connectivity index (χ4n) is 2.00. The molecule has 1 unspecified atom stereocenters. The molecule has 0 amide bonds. The second-order valence-corrected chi connectivity index (χ2v) is 7.24. The molecule has 24 heavy (non-hydrogen) atoms. The van der Waals surface area contributed by atoms with Gasteiger partial charge in [-0.1, -0.05) is 29.3 Å². The smallest absolute Gasteiger partial charge is 0.355 e. The average molecular weight is 397 g/mol. The highest BCUT2D eigenvalue weighted by atomic mass is 35.5. The van der Waals surface area contributed by atoms with Gasteiger partial charge in [-0.05, 0) is 12.1 Å². The molecule has 1 atom stereocenters. The first-order valence-electron chi connectivity index (χ1n) is 6.38. The maximum Gasteiger partial charge on any atom is 0.355 e. The van der Waals surface area contributed by atoms with Crippen molar-refractivity contribution in [2.75, 3.05) is 6.26 Å². The van der Waals surface area contributed by atoms with Gasteiger partial charge in [0.05, 0.1) is 23.0 Å². The van der Waals surface area contributed by atoms with Crippen LogP contribution in [0.4, 0.5) is 4.39 Å². The summed E-state index contributed by atoms with van der Waals surface area (Å²) in [5.41, 5.74) is 1.59. The summed E-state index contributed by atoms with van der Waals surface area (Å²) in [6, 6.07) is 2.91. The van der Waals surface area contributed by atoms with E-state index in [1.807, 2.05) is 0 Å². The third-order valence-corrected chi connectivity index (χ3v) is 4.02. The number of carboxylic acids is 1. The van der Waals surface area contributed by atoms with Crippen molar-refractivity contribution in [1.29, 1.82) is 0 Å². The van der Waals surface area contributed by atoms with Crippen LogP contribution in [0.15, 0.2) is 33.9 Å². The minimum Gasteiger partial charge on any atom is -0.476 e. The van der Waals surface area contributed by atoms with E-state index in [-0.39, 0.29) is 27.7 Å². The zero-order valence-corrected chi connectivity index (χ0v) is 14.4. The van der Waals surface area contributed by atoms with Crippen LogP contribution in [0.2, 0.25) is 5.02 Å². The van der Waals surface area contributed by atoms with Crippen LogP contribution in [0.1, 0.15) is 18.0 Å². The predicted molar refractivity (Wildman–Crippen MR) is 85.8 cm³/mol. The zero-order chi connectivity index (χ0) is 18.1. The van der Waals surface area contributed by atoms with Crippen molar-refractivity contribution in [3.63, 3.8) is 0 Å². The Labute approximate surface area is 146 Å². The highest BCUT2D eigenvalue weighted by molar-refractivity contribution is 7.85. The van der Waals surface area contributed by atoms with Crippen LogP contribution in [-0.2, 0) is 19.2 Å². The maximum atomic E-state index is 14.1. The number of aliphatic imine (C=N–C) groups is 1. The first-order chi connectivity index (χ1) is 11.1. The summed E-state index contributed by atoms with van der Waals surface area (Å²) >= 11 is 11.6. The van der Waals surface area contributed by atoms with Crippen molar-refractivity contribution in [3.8, 4) is 0 Å². The number of carboxylic acid groups (broad SMARTS) is 1. The topological polar surface area (TPSA) is 105 Å². The van der Waals surface area contributed by atoms with Crippen LogP contribution >= 0.6 is 23.2 Å². The van der Waals surface area contributed by atoms with E-state index in [1.165, 1.54) is 12.1 Å². The van der Waals surface area contributed by atoms with Crippen molar-refractivity contribution in [2.45, 2.75) is 12.5 Å². The molecular weight excluding hydrogens is 386 g/mol. The fourth-order valence-corrected chi connectivity index (χ4v) is 2.65. The largest absolute Gasteiger partial charge is 0.476 e. The van der Waals surface area contributed by atoms with Crippen molar-refractivity contribution in [2.24, 2.45) is 4.99 Å².